The Morgan fingerprint density at radius 3 is 2.60 bits per heavy atom. The van der Waals surface area contributed by atoms with Crippen molar-refractivity contribution < 1.29 is 9.53 Å². The molecular weight excluding hydrogens is 322 g/mol. The van der Waals surface area contributed by atoms with E-state index < -0.39 is 6.04 Å². The van der Waals surface area contributed by atoms with Gasteiger partial charge in [-0.15, -0.1) is 5.10 Å². The van der Waals surface area contributed by atoms with Crippen LogP contribution in [0.2, 0.25) is 0 Å². The third kappa shape index (κ3) is 3.57. The molecule has 1 atom stereocenters. The molecule has 2 aromatic heterocycles. The molecule has 0 aliphatic carbocycles. The molecule has 0 bridgehead atoms. The molecule has 0 fully saturated rings. The van der Waals surface area contributed by atoms with E-state index >= 15 is 0 Å². The number of nitrogens with one attached hydrogen (secondary N) is 1. The Morgan fingerprint density at radius 2 is 1.96 bits per heavy atom. The number of benzene rings is 1. The molecule has 1 aromatic carbocycles. The van der Waals surface area contributed by atoms with Crippen LogP contribution in [0.15, 0.2) is 59.7 Å². The van der Waals surface area contributed by atoms with Gasteiger partial charge in [-0.25, -0.2) is 9.36 Å². The van der Waals surface area contributed by atoms with Crippen LogP contribution in [0.25, 0.3) is 5.82 Å². The van der Waals surface area contributed by atoms with Gasteiger partial charge in [0.25, 0.3) is 5.56 Å². The van der Waals surface area contributed by atoms with Crippen LogP contribution < -0.4 is 15.6 Å². The van der Waals surface area contributed by atoms with Crippen molar-refractivity contribution >= 4 is 11.6 Å². The molecule has 128 valence electrons. The zero-order valence-corrected chi connectivity index (χ0v) is 13.8. The summed E-state index contributed by atoms with van der Waals surface area (Å²) < 4.78 is 7.73. The van der Waals surface area contributed by atoms with Gasteiger partial charge in [-0.05, 0) is 43.3 Å². The van der Waals surface area contributed by atoms with Gasteiger partial charge < -0.3 is 10.1 Å². The second kappa shape index (κ2) is 7.00. The molecule has 0 aliphatic rings. The van der Waals surface area contributed by atoms with Gasteiger partial charge in [-0.3, -0.25) is 9.59 Å². The van der Waals surface area contributed by atoms with Gasteiger partial charge in [-0.1, -0.05) is 0 Å². The second-order valence-corrected chi connectivity index (χ2v) is 5.32. The quantitative estimate of drug-likeness (QED) is 0.763. The summed E-state index contributed by atoms with van der Waals surface area (Å²) >= 11 is 0. The maximum Gasteiger partial charge on any atom is 0.267 e. The van der Waals surface area contributed by atoms with E-state index in [1.165, 1.54) is 10.7 Å². The van der Waals surface area contributed by atoms with Crippen molar-refractivity contribution in [2.24, 2.45) is 0 Å². The minimum absolute atomic E-state index is 0.350. The van der Waals surface area contributed by atoms with Gasteiger partial charge in [0.05, 0.1) is 7.11 Å². The number of carbonyl (C=O) groups is 1. The van der Waals surface area contributed by atoms with E-state index in [9.17, 15) is 9.59 Å². The molecule has 25 heavy (non-hydrogen) atoms. The SMILES string of the molecule is COc1ccc(NC(=O)C(C)n2nc(-n3cccn3)ccc2=O)cc1. The van der Waals surface area contributed by atoms with Crippen LogP contribution in [0, 0.1) is 0 Å². The van der Waals surface area contributed by atoms with Crippen molar-refractivity contribution in [2.45, 2.75) is 13.0 Å². The Labute approximate surface area is 143 Å². The first kappa shape index (κ1) is 16.4. The molecule has 3 aromatic rings. The highest BCUT2D eigenvalue weighted by molar-refractivity contribution is 5.93. The van der Waals surface area contributed by atoms with E-state index in [1.807, 2.05) is 0 Å². The predicted molar refractivity (Wildman–Crippen MR) is 92.0 cm³/mol. The molecule has 0 aliphatic heterocycles. The normalized spacial score (nSPS) is 11.8. The molecule has 8 nitrogen and oxygen atoms in total. The molecule has 1 unspecified atom stereocenters. The molecular formula is C17H17N5O3. The fourth-order valence-electron chi connectivity index (χ4n) is 2.25. The van der Waals surface area contributed by atoms with Crippen molar-refractivity contribution in [3.8, 4) is 11.6 Å². The summed E-state index contributed by atoms with van der Waals surface area (Å²) in [6.45, 7) is 1.61. The fraction of sp³-hybridized carbons (Fsp3) is 0.176. The highest BCUT2D eigenvalue weighted by Crippen LogP contribution is 2.16. The lowest BCUT2D eigenvalue weighted by Crippen LogP contribution is -2.33. The van der Waals surface area contributed by atoms with Gasteiger partial charge in [0.2, 0.25) is 5.91 Å². The first-order valence-electron chi connectivity index (χ1n) is 7.63. The van der Waals surface area contributed by atoms with Crippen molar-refractivity contribution in [1.82, 2.24) is 19.6 Å². The van der Waals surface area contributed by atoms with Gasteiger partial charge in [-0.2, -0.15) is 5.10 Å². The van der Waals surface area contributed by atoms with Crippen molar-refractivity contribution in [1.29, 1.82) is 0 Å². The topological polar surface area (TPSA) is 91.0 Å². The minimum atomic E-state index is -0.787. The van der Waals surface area contributed by atoms with Gasteiger partial charge in [0, 0.05) is 24.1 Å². The van der Waals surface area contributed by atoms with Crippen LogP contribution in [0.1, 0.15) is 13.0 Å². The van der Waals surface area contributed by atoms with Gasteiger partial charge >= 0.3 is 0 Å². The zero-order valence-electron chi connectivity index (χ0n) is 13.8. The first-order chi connectivity index (χ1) is 12.1. The number of amides is 1. The average Bonchev–Trinajstić information content (AvgIpc) is 3.17. The van der Waals surface area contributed by atoms with E-state index in [2.05, 4.69) is 15.5 Å². The molecule has 3 rings (SSSR count). The van der Waals surface area contributed by atoms with Crippen LogP contribution in [-0.2, 0) is 4.79 Å². The van der Waals surface area contributed by atoms with Gasteiger partial charge in [0.15, 0.2) is 5.82 Å². The standard InChI is InChI=1S/C17H17N5O3/c1-12(17(24)19-13-4-6-14(25-2)7-5-13)22-16(23)9-8-15(20-22)21-11-3-10-18-21/h3-12H,1-2H3,(H,19,24). The Hall–Kier alpha value is -3.42. The molecule has 2 heterocycles. The molecule has 1 N–H and O–H groups in total. The van der Waals surface area contributed by atoms with Crippen molar-refractivity contribution in [3.63, 3.8) is 0 Å². The molecule has 8 heteroatoms. The molecule has 0 spiro atoms. The maximum atomic E-state index is 12.5. The van der Waals surface area contributed by atoms with Crippen LogP contribution in [0.4, 0.5) is 5.69 Å². The summed E-state index contributed by atoms with van der Waals surface area (Å²) in [5, 5.41) is 11.1. The summed E-state index contributed by atoms with van der Waals surface area (Å²) in [4.78, 5) is 24.5. The van der Waals surface area contributed by atoms with Crippen LogP contribution >= 0.6 is 0 Å². The smallest absolute Gasteiger partial charge is 0.267 e. The van der Waals surface area contributed by atoms with Crippen LogP contribution in [0.5, 0.6) is 5.75 Å². The third-order valence-electron chi connectivity index (χ3n) is 3.65. The van der Waals surface area contributed by atoms with E-state index in [0.717, 1.165) is 4.68 Å². The third-order valence-corrected chi connectivity index (χ3v) is 3.65. The minimum Gasteiger partial charge on any atom is -0.497 e. The Morgan fingerprint density at radius 1 is 1.20 bits per heavy atom. The number of ether oxygens (including phenoxy) is 1. The first-order valence-corrected chi connectivity index (χ1v) is 7.63. The highest BCUT2D eigenvalue weighted by atomic mass is 16.5. The summed E-state index contributed by atoms with van der Waals surface area (Å²) in [7, 11) is 1.57. The number of nitrogens with zero attached hydrogens (tertiary/aromatic N) is 4. The molecule has 0 saturated carbocycles. The second-order valence-electron chi connectivity index (χ2n) is 5.32. The lowest BCUT2D eigenvalue weighted by Gasteiger charge is -2.15. The summed E-state index contributed by atoms with van der Waals surface area (Å²) in [6, 6.07) is 10.8. The van der Waals surface area contributed by atoms with Gasteiger partial charge in [0.1, 0.15) is 11.8 Å². The Kier molecular flexibility index (Phi) is 4.60. The maximum absolute atomic E-state index is 12.5. The lowest BCUT2D eigenvalue weighted by atomic mass is 10.2. The summed E-state index contributed by atoms with van der Waals surface area (Å²) in [5.74, 6) is 0.793. The van der Waals surface area contributed by atoms with Crippen molar-refractivity contribution in [3.05, 3.63) is 65.2 Å². The number of hydrogen-bond donors (Lipinski definition) is 1. The largest absolute Gasteiger partial charge is 0.497 e. The van der Waals surface area contributed by atoms with E-state index in [-0.39, 0.29) is 11.5 Å². The predicted octanol–water partition coefficient (Wildman–Crippen LogP) is 1.64. The summed E-state index contributed by atoms with van der Waals surface area (Å²) in [6.07, 6.45) is 3.32. The molecule has 0 saturated heterocycles. The number of aromatic nitrogens is 4. The number of rotatable bonds is 5. The Bertz CT molecular complexity index is 916. The highest BCUT2D eigenvalue weighted by Gasteiger charge is 2.18. The number of methoxy groups -OCH3 is 1. The van der Waals surface area contributed by atoms with E-state index in [1.54, 1.807) is 62.8 Å². The lowest BCUT2D eigenvalue weighted by molar-refractivity contribution is -0.119. The number of anilines is 1. The van der Waals surface area contributed by atoms with Crippen LogP contribution in [-0.4, -0.2) is 32.6 Å². The number of carbonyl (C=O) groups excluding carboxylic acids is 1. The van der Waals surface area contributed by atoms with E-state index in [0.29, 0.717) is 17.3 Å². The summed E-state index contributed by atoms with van der Waals surface area (Å²) in [5.41, 5.74) is 0.238. The van der Waals surface area contributed by atoms with Crippen molar-refractivity contribution in [2.75, 3.05) is 12.4 Å². The zero-order chi connectivity index (χ0) is 17.8. The monoisotopic (exact) mass is 339 g/mol. The number of hydrogen-bond acceptors (Lipinski definition) is 5. The molecule has 1 amide bonds. The van der Waals surface area contributed by atoms with Crippen LogP contribution in [0.3, 0.4) is 0 Å². The molecule has 0 radical (unpaired) electrons. The fourth-order valence-corrected chi connectivity index (χ4v) is 2.25. The Balaban J connectivity index is 1.81. The van der Waals surface area contributed by atoms with E-state index in [4.69, 9.17) is 4.74 Å². The average molecular weight is 339 g/mol.